The van der Waals surface area contributed by atoms with Gasteiger partial charge in [-0.15, -0.1) is 6.58 Å². The lowest BCUT2D eigenvalue weighted by Gasteiger charge is -2.48. The van der Waals surface area contributed by atoms with E-state index in [4.69, 9.17) is 20.4 Å². The molecule has 0 aliphatic carbocycles. The third kappa shape index (κ3) is 4.85. The summed E-state index contributed by atoms with van der Waals surface area (Å²) in [6.45, 7) is 5.97. The summed E-state index contributed by atoms with van der Waals surface area (Å²) in [6, 6.07) is 9.80. The van der Waals surface area contributed by atoms with Crippen LogP contribution in [0.15, 0.2) is 49.2 Å². The molecule has 170 valence electrons. The normalized spacial score (nSPS) is 25.8. The molecule has 3 aliphatic rings. The van der Waals surface area contributed by atoms with Crippen LogP contribution < -0.4 is 0 Å². The lowest BCUT2D eigenvalue weighted by molar-refractivity contribution is -0.165. The fraction of sp³-hybridized carbons (Fsp3) is 0.391. The highest BCUT2D eigenvalue weighted by Crippen LogP contribution is 2.38. The van der Waals surface area contributed by atoms with Crippen molar-refractivity contribution in [2.45, 2.75) is 31.1 Å². The Hall–Kier alpha value is -3.14. The molecule has 0 spiro atoms. The highest BCUT2D eigenvalue weighted by Gasteiger charge is 2.42. The molecule has 3 aliphatic heterocycles. The SMILES string of the molecule is C=CC1CN2CCC1CC2C(=O)c1ccnc2ccccc12.O=C(O)C(O)C(O)C(=O)O. The number of aliphatic carboxylic acids is 2. The van der Waals surface area contributed by atoms with Gasteiger partial charge in [-0.3, -0.25) is 14.7 Å². The number of hydrogen-bond acceptors (Lipinski definition) is 7. The number of hydrogen-bond donors (Lipinski definition) is 4. The number of aliphatic hydroxyl groups is 2. The second kappa shape index (κ2) is 9.99. The number of fused-ring (bicyclic) bond motifs is 4. The first kappa shape index (κ1) is 23.5. The third-order valence-corrected chi connectivity index (χ3v) is 6.13. The number of carbonyl (C=O) groups excluding carboxylic acids is 1. The number of aromatic nitrogens is 1. The number of benzene rings is 1. The van der Waals surface area contributed by atoms with Crippen LogP contribution in [0.2, 0.25) is 0 Å². The molecular weight excluding hydrogens is 416 g/mol. The molecule has 1 aromatic carbocycles. The molecule has 5 rings (SSSR count). The van der Waals surface area contributed by atoms with Crippen LogP contribution in [0.5, 0.6) is 0 Å². The highest BCUT2D eigenvalue weighted by atomic mass is 16.4. The van der Waals surface area contributed by atoms with E-state index in [1.807, 2.05) is 30.3 Å². The molecule has 0 saturated carbocycles. The lowest BCUT2D eigenvalue weighted by atomic mass is 9.74. The van der Waals surface area contributed by atoms with Crippen LogP contribution in [0.3, 0.4) is 0 Å². The molecule has 1 aromatic heterocycles. The van der Waals surface area contributed by atoms with E-state index in [9.17, 15) is 14.4 Å². The summed E-state index contributed by atoms with van der Waals surface area (Å²) in [7, 11) is 0. The van der Waals surface area contributed by atoms with Crippen molar-refractivity contribution in [1.82, 2.24) is 9.88 Å². The zero-order valence-electron chi connectivity index (χ0n) is 17.4. The Morgan fingerprint density at radius 1 is 1.09 bits per heavy atom. The van der Waals surface area contributed by atoms with Crippen LogP contribution in [-0.2, 0) is 9.59 Å². The third-order valence-electron chi connectivity index (χ3n) is 6.13. The van der Waals surface area contributed by atoms with Crippen LogP contribution in [0.1, 0.15) is 23.2 Å². The van der Waals surface area contributed by atoms with Gasteiger partial charge in [0.1, 0.15) is 0 Å². The lowest BCUT2D eigenvalue weighted by Crippen LogP contribution is -2.55. The molecule has 3 fully saturated rings. The van der Waals surface area contributed by atoms with E-state index in [1.54, 1.807) is 6.20 Å². The van der Waals surface area contributed by atoms with Crippen molar-refractivity contribution in [1.29, 1.82) is 0 Å². The molecule has 0 radical (unpaired) electrons. The summed E-state index contributed by atoms with van der Waals surface area (Å²) in [4.78, 5) is 39.4. The Labute approximate surface area is 184 Å². The Morgan fingerprint density at radius 2 is 1.75 bits per heavy atom. The van der Waals surface area contributed by atoms with Crippen molar-refractivity contribution in [2.24, 2.45) is 11.8 Å². The molecule has 32 heavy (non-hydrogen) atoms. The van der Waals surface area contributed by atoms with E-state index in [0.717, 1.165) is 36.0 Å². The molecule has 4 heterocycles. The Balaban J connectivity index is 0.000000247. The summed E-state index contributed by atoms with van der Waals surface area (Å²) >= 11 is 0. The maximum atomic E-state index is 13.1. The van der Waals surface area contributed by atoms with Gasteiger partial charge >= 0.3 is 11.9 Å². The largest absolute Gasteiger partial charge is 0.479 e. The zero-order chi connectivity index (χ0) is 23.4. The van der Waals surface area contributed by atoms with Crippen molar-refractivity contribution in [3.8, 4) is 0 Å². The quantitative estimate of drug-likeness (QED) is 0.382. The van der Waals surface area contributed by atoms with E-state index < -0.39 is 24.1 Å². The number of Topliss-reactive ketones (excluding diaryl/α,β-unsaturated/α-hetero) is 1. The molecule has 6 atom stereocenters. The van der Waals surface area contributed by atoms with Crippen molar-refractivity contribution in [3.05, 3.63) is 54.7 Å². The molecule has 9 nitrogen and oxygen atoms in total. The van der Waals surface area contributed by atoms with Gasteiger partial charge in [-0.05, 0) is 43.4 Å². The Bertz CT molecular complexity index is 1000. The molecule has 0 amide bonds. The number of carboxylic acids is 2. The average Bonchev–Trinajstić information content (AvgIpc) is 2.82. The van der Waals surface area contributed by atoms with Crippen LogP contribution in [0, 0.1) is 11.8 Å². The van der Waals surface area contributed by atoms with Crippen LogP contribution >= 0.6 is 0 Å². The first-order chi connectivity index (χ1) is 15.2. The van der Waals surface area contributed by atoms with Gasteiger partial charge in [-0.1, -0.05) is 24.3 Å². The van der Waals surface area contributed by atoms with Gasteiger partial charge in [-0.25, -0.2) is 9.59 Å². The molecule has 9 heteroatoms. The van der Waals surface area contributed by atoms with Gasteiger partial charge in [0.05, 0.1) is 11.6 Å². The minimum absolute atomic E-state index is 0.0285. The van der Waals surface area contributed by atoms with E-state index in [1.165, 1.54) is 6.42 Å². The minimum atomic E-state index is -2.27. The Kier molecular flexibility index (Phi) is 7.34. The first-order valence-corrected chi connectivity index (χ1v) is 10.3. The summed E-state index contributed by atoms with van der Waals surface area (Å²) in [5.74, 6) is -2.12. The van der Waals surface area contributed by atoms with Crippen molar-refractivity contribution in [3.63, 3.8) is 0 Å². The topological polar surface area (TPSA) is 148 Å². The number of pyridine rings is 1. The summed E-state index contributed by atoms with van der Waals surface area (Å²) in [5, 5.41) is 33.5. The second-order valence-electron chi connectivity index (χ2n) is 8.00. The molecule has 2 aromatic rings. The molecule has 3 saturated heterocycles. The predicted octanol–water partition coefficient (Wildman–Crippen LogP) is 1.19. The number of aliphatic hydroxyl groups excluding tert-OH is 2. The molecular formula is C23H26N2O7. The predicted molar refractivity (Wildman–Crippen MR) is 115 cm³/mol. The van der Waals surface area contributed by atoms with Crippen molar-refractivity contribution in [2.75, 3.05) is 13.1 Å². The molecule has 4 N–H and O–H groups in total. The van der Waals surface area contributed by atoms with Gasteiger partial charge in [0.15, 0.2) is 18.0 Å². The summed E-state index contributed by atoms with van der Waals surface area (Å²) < 4.78 is 0. The second-order valence-corrected chi connectivity index (χ2v) is 8.00. The van der Waals surface area contributed by atoms with Gasteiger partial charge in [0, 0.05) is 23.7 Å². The summed E-state index contributed by atoms with van der Waals surface area (Å²) in [5.41, 5.74) is 1.71. The van der Waals surface area contributed by atoms with E-state index in [-0.39, 0.29) is 11.8 Å². The van der Waals surface area contributed by atoms with Crippen molar-refractivity contribution < 1.29 is 34.8 Å². The maximum absolute atomic E-state index is 13.1. The maximum Gasteiger partial charge on any atom is 0.335 e. The fourth-order valence-corrected chi connectivity index (χ4v) is 4.37. The standard InChI is InChI=1S/C19H20N2O.C4H6O6/c1-2-13-12-21-10-8-14(13)11-18(21)19(22)16-7-9-20-17-6-4-3-5-15(16)17;5-1(3(7)8)2(6)4(9)10/h2-7,9,13-14,18H,1,8,10-12H2;1-2,5-6H,(H,7,8)(H,9,10). The first-order valence-electron chi connectivity index (χ1n) is 10.3. The number of ketones is 1. The monoisotopic (exact) mass is 442 g/mol. The number of piperidine rings is 3. The van der Waals surface area contributed by atoms with Crippen LogP contribution in [0.25, 0.3) is 10.9 Å². The zero-order valence-corrected chi connectivity index (χ0v) is 17.4. The van der Waals surface area contributed by atoms with E-state index in [2.05, 4.69) is 22.5 Å². The number of rotatable bonds is 6. The van der Waals surface area contributed by atoms with E-state index in [0.29, 0.717) is 11.8 Å². The number of para-hydroxylation sites is 1. The van der Waals surface area contributed by atoms with Gasteiger partial charge in [0.2, 0.25) is 0 Å². The van der Waals surface area contributed by atoms with Gasteiger partial charge in [-0.2, -0.15) is 0 Å². The summed E-state index contributed by atoms with van der Waals surface area (Å²) in [6.07, 6.45) is 1.44. The number of carbonyl (C=O) groups is 3. The Morgan fingerprint density at radius 3 is 2.31 bits per heavy atom. The van der Waals surface area contributed by atoms with Crippen LogP contribution in [0.4, 0.5) is 0 Å². The number of carboxylic acid groups (broad SMARTS) is 2. The van der Waals surface area contributed by atoms with Crippen LogP contribution in [-0.4, -0.2) is 79.4 Å². The number of nitrogens with zero attached hydrogens (tertiary/aromatic N) is 2. The average molecular weight is 442 g/mol. The molecule has 6 unspecified atom stereocenters. The fourth-order valence-electron chi connectivity index (χ4n) is 4.37. The molecule has 2 bridgehead atoms. The minimum Gasteiger partial charge on any atom is -0.479 e. The van der Waals surface area contributed by atoms with E-state index >= 15 is 0 Å². The van der Waals surface area contributed by atoms with Gasteiger partial charge < -0.3 is 20.4 Å². The smallest absolute Gasteiger partial charge is 0.335 e. The van der Waals surface area contributed by atoms with Crippen molar-refractivity contribution >= 4 is 28.6 Å². The highest BCUT2D eigenvalue weighted by molar-refractivity contribution is 6.09. The van der Waals surface area contributed by atoms with Gasteiger partial charge in [0.25, 0.3) is 0 Å².